The molecule has 7 aromatic rings. The van der Waals surface area contributed by atoms with E-state index in [-0.39, 0.29) is 5.56 Å². The molecule has 0 amide bonds. The van der Waals surface area contributed by atoms with E-state index in [0.29, 0.717) is 0 Å². The summed E-state index contributed by atoms with van der Waals surface area (Å²) in [7, 11) is 4.05. The van der Waals surface area contributed by atoms with E-state index in [0.717, 1.165) is 83.4 Å². The molecule has 7 rings (SSSR count). The van der Waals surface area contributed by atoms with Crippen LogP contribution in [0, 0.1) is 23.7 Å². The monoisotopic (exact) mass is 599 g/mol. The minimum atomic E-state index is -0.956. The zero-order valence-electron chi connectivity index (χ0n) is 24.5. The van der Waals surface area contributed by atoms with Crippen molar-refractivity contribution in [3.8, 4) is 34.8 Å². The number of hydrogen-bond donors (Lipinski definition) is 1. The first-order valence-electron chi connectivity index (χ1n) is 14.3. The molecule has 0 bridgehead atoms. The van der Waals surface area contributed by atoms with Crippen molar-refractivity contribution in [2.75, 3.05) is 19.0 Å². The molecule has 6 heteroatoms. The Morgan fingerprint density at radius 2 is 1.20 bits per heavy atom. The van der Waals surface area contributed by atoms with Gasteiger partial charge in [-0.25, -0.2) is 4.79 Å². The molecule has 0 aliphatic rings. The van der Waals surface area contributed by atoms with Gasteiger partial charge in [0.1, 0.15) is 11.0 Å². The van der Waals surface area contributed by atoms with E-state index in [2.05, 4.69) is 85.9 Å². The topological polar surface area (TPSA) is 66.3 Å². The Bertz CT molecular complexity index is 2330. The first kappa shape index (κ1) is 27.9. The standard InChI is InChI=1S/C39H25N3O2S/c1-42(2)29-20-11-25(12-21-29)13-22-35-31-7-3-5-9-33(31)36(34-10-6-4-8-32(34)35)24-19-27-18-23-30(38-37(27)40-45-41-38)26-14-16-28(17-15-26)39(43)44/h3-12,14-18,20-21,23H,1-2H3,(H,43,44). The number of benzene rings is 6. The van der Waals surface area contributed by atoms with E-state index < -0.39 is 5.97 Å². The summed E-state index contributed by atoms with van der Waals surface area (Å²) in [5, 5.41) is 13.5. The van der Waals surface area contributed by atoms with E-state index in [9.17, 15) is 9.90 Å². The van der Waals surface area contributed by atoms with Crippen molar-refractivity contribution in [1.82, 2.24) is 8.75 Å². The number of carbonyl (C=O) groups is 1. The van der Waals surface area contributed by atoms with Gasteiger partial charge in [-0.3, -0.25) is 0 Å². The Hall–Kier alpha value is -5.95. The third-order valence-electron chi connectivity index (χ3n) is 7.83. The predicted octanol–water partition coefficient (Wildman–Crippen LogP) is 8.23. The average molecular weight is 600 g/mol. The summed E-state index contributed by atoms with van der Waals surface area (Å²) in [4.78, 5) is 13.4. The maximum absolute atomic E-state index is 11.3. The highest BCUT2D eigenvalue weighted by Crippen LogP contribution is 2.33. The molecular formula is C39H25N3O2S. The van der Waals surface area contributed by atoms with Gasteiger partial charge in [0.05, 0.1) is 22.9 Å². The molecule has 0 aliphatic heterocycles. The second kappa shape index (κ2) is 11.6. The fourth-order valence-corrected chi connectivity index (χ4v) is 6.07. The van der Waals surface area contributed by atoms with Crippen LogP contribution in [-0.4, -0.2) is 33.9 Å². The molecule has 1 heterocycles. The Morgan fingerprint density at radius 3 is 1.76 bits per heavy atom. The summed E-state index contributed by atoms with van der Waals surface area (Å²) in [6.45, 7) is 0. The van der Waals surface area contributed by atoms with Crippen LogP contribution in [0.25, 0.3) is 43.7 Å². The number of nitrogens with zero attached hydrogens (tertiary/aromatic N) is 3. The van der Waals surface area contributed by atoms with E-state index in [4.69, 9.17) is 0 Å². The normalized spacial score (nSPS) is 10.7. The fourth-order valence-electron chi connectivity index (χ4n) is 5.50. The Balaban J connectivity index is 1.34. The van der Waals surface area contributed by atoms with Crippen molar-refractivity contribution >= 4 is 56.0 Å². The van der Waals surface area contributed by atoms with Gasteiger partial charge >= 0.3 is 5.97 Å². The number of carboxylic acid groups (broad SMARTS) is 1. The third kappa shape index (κ3) is 5.25. The molecule has 0 aliphatic carbocycles. The molecule has 5 nitrogen and oxygen atoms in total. The van der Waals surface area contributed by atoms with Crippen molar-refractivity contribution in [3.05, 3.63) is 137 Å². The molecule has 0 saturated heterocycles. The van der Waals surface area contributed by atoms with Crippen LogP contribution in [0.3, 0.4) is 0 Å². The molecule has 1 aromatic heterocycles. The number of carboxylic acids is 1. The molecule has 0 unspecified atom stereocenters. The fraction of sp³-hybridized carbons (Fsp3) is 0.0513. The van der Waals surface area contributed by atoms with Crippen LogP contribution in [0.5, 0.6) is 0 Å². The van der Waals surface area contributed by atoms with Crippen LogP contribution >= 0.6 is 11.7 Å². The summed E-state index contributed by atoms with van der Waals surface area (Å²) in [5.74, 6) is 12.8. The van der Waals surface area contributed by atoms with Crippen LogP contribution in [0.4, 0.5) is 5.69 Å². The maximum Gasteiger partial charge on any atom is 0.335 e. The van der Waals surface area contributed by atoms with Crippen molar-refractivity contribution in [2.24, 2.45) is 0 Å². The lowest BCUT2D eigenvalue weighted by Crippen LogP contribution is -2.07. The van der Waals surface area contributed by atoms with Gasteiger partial charge in [-0.1, -0.05) is 90.4 Å². The van der Waals surface area contributed by atoms with Gasteiger partial charge in [-0.2, -0.15) is 8.75 Å². The molecular weight excluding hydrogens is 575 g/mol. The summed E-state index contributed by atoms with van der Waals surface area (Å²) < 4.78 is 9.15. The Kier molecular flexibility index (Phi) is 7.19. The van der Waals surface area contributed by atoms with E-state index >= 15 is 0 Å². The van der Waals surface area contributed by atoms with Crippen LogP contribution in [0.15, 0.2) is 109 Å². The zero-order chi connectivity index (χ0) is 30.9. The summed E-state index contributed by atoms with van der Waals surface area (Å²) in [6.07, 6.45) is 0. The highest BCUT2D eigenvalue weighted by Gasteiger charge is 2.14. The molecule has 214 valence electrons. The van der Waals surface area contributed by atoms with Gasteiger partial charge in [0.15, 0.2) is 0 Å². The van der Waals surface area contributed by atoms with E-state index in [1.54, 1.807) is 24.3 Å². The zero-order valence-corrected chi connectivity index (χ0v) is 25.3. The van der Waals surface area contributed by atoms with Crippen molar-refractivity contribution < 1.29 is 9.90 Å². The number of aromatic nitrogens is 2. The van der Waals surface area contributed by atoms with Crippen molar-refractivity contribution in [2.45, 2.75) is 0 Å². The first-order chi connectivity index (χ1) is 22.0. The molecule has 45 heavy (non-hydrogen) atoms. The number of aromatic carboxylic acids is 1. The quantitative estimate of drug-likeness (QED) is 0.164. The maximum atomic E-state index is 11.3. The lowest BCUT2D eigenvalue weighted by Gasteiger charge is -2.11. The van der Waals surface area contributed by atoms with Gasteiger partial charge in [0.2, 0.25) is 0 Å². The van der Waals surface area contributed by atoms with Gasteiger partial charge in [-0.05, 0) is 69.6 Å². The average Bonchev–Trinajstić information content (AvgIpc) is 3.57. The van der Waals surface area contributed by atoms with Gasteiger partial charge in [0.25, 0.3) is 0 Å². The molecule has 0 spiro atoms. The second-order valence-corrected chi connectivity index (χ2v) is 11.3. The highest BCUT2D eigenvalue weighted by molar-refractivity contribution is 7.00. The smallest absolute Gasteiger partial charge is 0.335 e. The molecule has 6 aromatic carbocycles. The van der Waals surface area contributed by atoms with Gasteiger partial charge in [-0.15, -0.1) is 0 Å². The van der Waals surface area contributed by atoms with Crippen LogP contribution in [-0.2, 0) is 0 Å². The number of hydrogen-bond acceptors (Lipinski definition) is 5. The SMILES string of the molecule is CN(C)c1ccc(C#Cc2c3ccccc3c(C#Cc3ccc(-c4ccc(C(=O)O)cc4)c4nsnc34)c3ccccc23)cc1. The summed E-state index contributed by atoms with van der Waals surface area (Å²) in [5.41, 5.74) is 8.26. The van der Waals surface area contributed by atoms with Gasteiger partial charge < -0.3 is 10.0 Å². The second-order valence-electron chi connectivity index (χ2n) is 10.8. The lowest BCUT2D eigenvalue weighted by atomic mass is 9.91. The van der Waals surface area contributed by atoms with Crippen LogP contribution in [0.1, 0.15) is 32.6 Å². The molecule has 0 atom stereocenters. The summed E-state index contributed by atoms with van der Waals surface area (Å²) >= 11 is 1.14. The van der Waals surface area contributed by atoms with E-state index in [1.807, 2.05) is 50.5 Å². The lowest BCUT2D eigenvalue weighted by molar-refractivity contribution is 0.0697. The molecule has 0 radical (unpaired) electrons. The number of anilines is 1. The number of fused-ring (bicyclic) bond motifs is 3. The van der Waals surface area contributed by atoms with Crippen molar-refractivity contribution in [1.29, 1.82) is 0 Å². The summed E-state index contributed by atoms with van der Waals surface area (Å²) in [6, 6.07) is 35.6. The number of rotatable bonds is 3. The minimum Gasteiger partial charge on any atom is -0.478 e. The molecule has 1 N–H and O–H groups in total. The van der Waals surface area contributed by atoms with Crippen LogP contribution < -0.4 is 4.90 Å². The Morgan fingerprint density at radius 1 is 0.644 bits per heavy atom. The highest BCUT2D eigenvalue weighted by atomic mass is 32.1. The first-order valence-corrected chi connectivity index (χ1v) is 15.0. The Labute approximate surface area is 264 Å². The largest absolute Gasteiger partial charge is 0.478 e. The third-order valence-corrected chi connectivity index (χ3v) is 8.36. The minimum absolute atomic E-state index is 0.240. The van der Waals surface area contributed by atoms with Crippen molar-refractivity contribution in [3.63, 3.8) is 0 Å². The van der Waals surface area contributed by atoms with E-state index in [1.165, 1.54) is 0 Å². The molecule has 0 fully saturated rings. The van der Waals surface area contributed by atoms with Crippen LogP contribution in [0.2, 0.25) is 0 Å². The predicted molar refractivity (Wildman–Crippen MR) is 184 cm³/mol. The van der Waals surface area contributed by atoms with Gasteiger partial charge in [0, 0.05) is 42.0 Å². The molecule has 0 saturated carbocycles.